The average molecular weight is 1080 g/mol. The van der Waals surface area contributed by atoms with Crippen molar-refractivity contribution in [3.63, 3.8) is 0 Å². The number of likely N-dealkylation sites (N-methyl/N-ethyl adjacent to an activating group) is 1. The van der Waals surface area contributed by atoms with E-state index in [-0.39, 0.29) is 42.1 Å². The van der Waals surface area contributed by atoms with Crippen molar-refractivity contribution in [2.45, 2.75) is 198 Å². The summed E-state index contributed by atoms with van der Waals surface area (Å²) in [4.78, 5) is 70.8. The van der Waals surface area contributed by atoms with Gasteiger partial charge < -0.3 is 43.9 Å². The molecule has 3 aliphatic heterocycles. The largest absolute Gasteiger partial charge is 0.495 e. The van der Waals surface area contributed by atoms with Gasteiger partial charge in [-0.15, -0.1) is 0 Å². The summed E-state index contributed by atoms with van der Waals surface area (Å²) in [6.07, 6.45) is 19.0. The predicted molar refractivity (Wildman–Crippen MR) is 289 cm³/mol. The number of alkyl carbamates (subject to hydrolysis) is 1. The van der Waals surface area contributed by atoms with Gasteiger partial charge in [0, 0.05) is 63.9 Å². The van der Waals surface area contributed by atoms with Gasteiger partial charge in [0.2, 0.25) is 17.7 Å². The number of aliphatic hydroxyl groups is 1. The molecule has 73 heavy (non-hydrogen) atoms. The topological polar surface area (TPSA) is 186 Å². The van der Waals surface area contributed by atoms with Gasteiger partial charge in [-0.3, -0.25) is 19.7 Å². The van der Waals surface area contributed by atoms with Crippen LogP contribution in [-0.2, 0) is 44.5 Å². The fourth-order valence-electron chi connectivity index (χ4n) is 11.2. The number of rotatable bonds is 14. The summed E-state index contributed by atoms with van der Waals surface area (Å²) in [5.74, 6) is 1.43. The number of anilines is 1. The standard InChI is InChI=1S/C55H83ClN4O11S2/c1-35-16-13-21-45(68-8)55(66)34-44(69-53(65)58-55)36(2)51-54(4,71-51)46(33-49(63)60(6)42-31-40(30-35)32-43(67-7)50(42)56)70-52(64)37(3)59(5)48(62)27-29-73-72-28-15-22-47(61)57-41-25-23-38-17-11-9-10-12-18-39(24-26-41)20-14-19-38/h13,16,21,31-32,36-39,41,44-46,51,66H,9-12,14-15,17-20,22-30,33-34H2,1-8H3,(H,57,61)(H,58,65)/b21-13+,35-16+/t36-,37+,38?,39?,41?,44+,45-,46+,51+,54+,55+/m1/s1. The summed E-state index contributed by atoms with van der Waals surface area (Å²) in [6.45, 7) is 7.06. The number of nitrogens with zero attached hydrogens (tertiary/aromatic N) is 2. The van der Waals surface area contributed by atoms with Crippen molar-refractivity contribution in [3.8, 4) is 5.75 Å². The Kier molecular flexibility index (Phi) is 22.2. The maximum atomic E-state index is 14.4. The number of halogens is 1. The molecule has 4 amide bonds. The molecule has 0 aromatic heterocycles. The van der Waals surface area contributed by atoms with Crippen LogP contribution in [0.1, 0.15) is 149 Å². The fourth-order valence-corrected chi connectivity index (χ4v) is 13.6. The highest BCUT2D eigenvalue weighted by Crippen LogP contribution is 2.49. The molecule has 0 spiro atoms. The Morgan fingerprint density at radius 1 is 0.986 bits per heavy atom. The zero-order valence-electron chi connectivity index (χ0n) is 44.6. The van der Waals surface area contributed by atoms with Crippen LogP contribution < -0.4 is 20.3 Å². The number of benzene rings is 1. The number of allylic oxidation sites excluding steroid dienone is 3. The predicted octanol–water partition coefficient (Wildman–Crippen LogP) is 9.88. The second-order valence-corrected chi connectivity index (χ2v) is 24.6. The van der Waals surface area contributed by atoms with Crippen LogP contribution in [0.3, 0.4) is 0 Å². The van der Waals surface area contributed by atoms with Gasteiger partial charge in [-0.05, 0) is 88.8 Å². The monoisotopic (exact) mass is 1070 g/mol. The first-order chi connectivity index (χ1) is 34.8. The zero-order chi connectivity index (χ0) is 52.9. The molecule has 1 aromatic carbocycles. The van der Waals surface area contributed by atoms with Crippen molar-refractivity contribution in [3.05, 3.63) is 46.5 Å². The first-order valence-electron chi connectivity index (χ1n) is 26.7. The normalized spacial score (nSPS) is 32.0. The zero-order valence-corrected chi connectivity index (χ0v) is 46.9. The Hall–Kier alpha value is -3.48. The molecule has 0 radical (unpaired) electrons. The SMILES string of the molecule is COc1cc2cc(c1Cl)N(C)C(=O)C[C@H](OC(=O)[C@H](C)N(C)C(=O)CCSSCCCC(=O)NC1CCC3CCCCCCC(CCC3)CC1)[C@]1(C)O[C@H]1[C@H](C)[C@@H]1C[C@@](O)(NC(=O)O1)[C@H](OC)/C=C/C=C(\C)C2. The van der Waals surface area contributed by atoms with Gasteiger partial charge in [-0.25, -0.2) is 9.59 Å². The number of hydrogen-bond acceptors (Lipinski definition) is 13. The molecule has 2 saturated carbocycles. The molecule has 15 nitrogen and oxygen atoms in total. The number of carbonyl (C=O) groups excluding carboxylic acids is 5. The molecular formula is C55H83ClN4O11S2. The van der Waals surface area contributed by atoms with Crippen molar-refractivity contribution >= 4 is 68.7 Å². The van der Waals surface area contributed by atoms with Crippen molar-refractivity contribution in [1.82, 2.24) is 15.5 Å². The third-order valence-corrected chi connectivity index (χ3v) is 18.9. The number of ether oxygens (including phenoxy) is 5. The highest BCUT2D eigenvalue weighted by molar-refractivity contribution is 8.76. The highest BCUT2D eigenvalue weighted by Gasteiger charge is 2.64. The molecule has 4 fully saturated rings. The number of hydrogen-bond donors (Lipinski definition) is 3. The summed E-state index contributed by atoms with van der Waals surface area (Å²) in [5, 5.41) is 18.0. The Balaban J connectivity index is 1.05. The molecule has 408 valence electrons. The minimum Gasteiger partial charge on any atom is -0.495 e. The molecule has 2 unspecified atom stereocenters. The second kappa shape index (κ2) is 27.5. The van der Waals surface area contributed by atoms with Crippen LogP contribution in [0.4, 0.5) is 10.5 Å². The summed E-state index contributed by atoms with van der Waals surface area (Å²) in [5.41, 5.74) is -0.962. The molecule has 18 heteroatoms. The van der Waals surface area contributed by atoms with E-state index < -0.39 is 65.7 Å². The van der Waals surface area contributed by atoms with Crippen molar-refractivity contribution in [2.24, 2.45) is 17.8 Å². The van der Waals surface area contributed by atoms with Crippen LogP contribution in [0.15, 0.2) is 35.9 Å². The van der Waals surface area contributed by atoms with Crippen LogP contribution in [-0.4, -0.2) is 127 Å². The number of amides is 4. The van der Waals surface area contributed by atoms with Crippen LogP contribution in [0, 0.1) is 17.8 Å². The number of nitrogens with one attached hydrogen (secondary N) is 2. The molecule has 2 aliphatic carbocycles. The molecule has 6 rings (SSSR count). The van der Waals surface area contributed by atoms with Crippen LogP contribution in [0.25, 0.3) is 0 Å². The third-order valence-electron chi connectivity index (χ3n) is 16.0. The lowest BCUT2D eigenvalue weighted by molar-refractivity contribution is -0.162. The lowest BCUT2D eigenvalue weighted by Gasteiger charge is -2.42. The van der Waals surface area contributed by atoms with Gasteiger partial charge in [-0.1, -0.05) is 122 Å². The van der Waals surface area contributed by atoms with Crippen LogP contribution >= 0.6 is 33.2 Å². The number of fused-ring (bicyclic) bond motifs is 9. The van der Waals surface area contributed by atoms with E-state index in [2.05, 4.69) is 10.6 Å². The second-order valence-electron chi connectivity index (χ2n) is 21.5. The number of methoxy groups -OCH3 is 2. The minimum absolute atomic E-state index is 0.0590. The van der Waals surface area contributed by atoms with Crippen molar-refractivity contribution in [1.29, 1.82) is 0 Å². The molecule has 3 heterocycles. The van der Waals surface area contributed by atoms with Gasteiger partial charge in [0.15, 0.2) is 5.72 Å². The van der Waals surface area contributed by atoms with Crippen molar-refractivity contribution in [2.75, 3.05) is 44.7 Å². The quantitative estimate of drug-likeness (QED) is 0.0693. The molecular weight excluding hydrogens is 992 g/mol. The van der Waals surface area contributed by atoms with E-state index in [0.717, 1.165) is 48.0 Å². The maximum Gasteiger partial charge on any atom is 0.409 e. The molecule has 6 bridgehead atoms. The van der Waals surface area contributed by atoms with E-state index in [0.29, 0.717) is 30.0 Å². The summed E-state index contributed by atoms with van der Waals surface area (Å²) in [7, 11) is 9.29. The average Bonchev–Trinajstić information content (AvgIpc) is 4.06. The smallest absolute Gasteiger partial charge is 0.409 e. The van der Waals surface area contributed by atoms with Gasteiger partial charge in [-0.2, -0.15) is 0 Å². The van der Waals surface area contributed by atoms with Gasteiger partial charge in [0.05, 0.1) is 25.3 Å². The molecule has 1 aromatic rings. The van der Waals surface area contributed by atoms with Gasteiger partial charge in [0.25, 0.3) is 0 Å². The first kappa shape index (κ1) is 58.8. The van der Waals surface area contributed by atoms with Crippen LogP contribution in [0.5, 0.6) is 5.75 Å². The van der Waals surface area contributed by atoms with Crippen LogP contribution in [0.2, 0.25) is 5.02 Å². The Morgan fingerprint density at radius 3 is 2.33 bits per heavy atom. The Labute approximate surface area is 447 Å². The van der Waals surface area contributed by atoms with Gasteiger partial charge >= 0.3 is 12.1 Å². The molecule has 3 N–H and O–H groups in total. The highest BCUT2D eigenvalue weighted by atomic mass is 35.5. The summed E-state index contributed by atoms with van der Waals surface area (Å²) < 4.78 is 29.6. The van der Waals surface area contributed by atoms with E-state index in [9.17, 15) is 29.1 Å². The number of carbonyl (C=O) groups is 5. The van der Waals surface area contributed by atoms with Gasteiger partial charge in [0.1, 0.15) is 40.7 Å². The summed E-state index contributed by atoms with van der Waals surface area (Å²) in [6, 6.07) is 2.86. The number of epoxide rings is 1. The van der Waals surface area contributed by atoms with E-state index in [1.165, 1.54) is 94.6 Å². The van der Waals surface area contributed by atoms with E-state index in [4.69, 9.17) is 35.3 Å². The molecule has 10 atom stereocenters. The first-order valence-corrected chi connectivity index (χ1v) is 29.6. The molecule has 2 saturated heterocycles. The van der Waals surface area contributed by atoms with Crippen molar-refractivity contribution < 1.29 is 52.8 Å². The lowest BCUT2D eigenvalue weighted by Crippen LogP contribution is -2.63. The van der Waals surface area contributed by atoms with E-state index >= 15 is 0 Å². The summed E-state index contributed by atoms with van der Waals surface area (Å²) >= 11 is 6.84. The number of esters is 1. The lowest BCUT2D eigenvalue weighted by atomic mass is 9.83. The maximum absolute atomic E-state index is 14.4. The molecule has 5 aliphatic rings. The Morgan fingerprint density at radius 2 is 1.66 bits per heavy atom. The van der Waals surface area contributed by atoms with E-state index in [1.807, 2.05) is 19.9 Å². The van der Waals surface area contributed by atoms with E-state index in [1.54, 1.807) is 73.8 Å². The minimum atomic E-state index is -1.84. The Bertz CT molecular complexity index is 2110. The third kappa shape index (κ3) is 16.3. The fraction of sp³-hybridized carbons (Fsp3) is 0.727.